The molecule has 22 heteroatoms. The highest BCUT2D eigenvalue weighted by atomic mass is 16.8. The second-order valence-corrected chi connectivity index (χ2v) is 16.8. The first-order valence-corrected chi connectivity index (χ1v) is 22.0. The van der Waals surface area contributed by atoms with Gasteiger partial charge in [-0.15, -0.1) is 0 Å². The van der Waals surface area contributed by atoms with Crippen molar-refractivity contribution < 1.29 is 73.6 Å². The summed E-state index contributed by atoms with van der Waals surface area (Å²) < 4.78 is 25.7. The predicted octanol–water partition coefficient (Wildman–Crippen LogP) is 0.956. The molecule has 1 saturated heterocycles. The zero-order chi connectivity index (χ0) is 50.5. The van der Waals surface area contributed by atoms with E-state index in [1.807, 2.05) is 32.0 Å². The van der Waals surface area contributed by atoms with Crippen LogP contribution in [0.15, 0.2) is 99.6 Å². The minimum Gasteiger partial charge on any atom is -0.508 e. The quantitative estimate of drug-likeness (QED) is 0.00965. The van der Waals surface area contributed by atoms with Crippen LogP contribution in [0, 0.1) is 13.8 Å². The molecule has 70 heavy (non-hydrogen) atoms. The van der Waals surface area contributed by atoms with Crippen molar-refractivity contribution in [2.75, 3.05) is 26.8 Å². The highest BCUT2D eigenvalue weighted by Crippen LogP contribution is 2.45. The number of aldehydes is 1. The molecular formula is C48H54N6O16. The molecule has 8 atom stereocenters. The molecule has 1 aliphatic heterocycles. The number of esters is 1. The lowest BCUT2D eigenvalue weighted by Gasteiger charge is -2.57. The number of hydrogen-bond donors (Lipinski definition) is 11. The van der Waals surface area contributed by atoms with Crippen molar-refractivity contribution in [3.63, 3.8) is 0 Å². The maximum Gasteiger partial charge on any atom is 0.336 e. The number of rotatable bonds is 20. The molecule has 12 N–H and O–H groups in total. The van der Waals surface area contributed by atoms with E-state index in [2.05, 4.69) is 20.6 Å². The van der Waals surface area contributed by atoms with Gasteiger partial charge in [0.05, 0.1) is 35.4 Å². The van der Waals surface area contributed by atoms with Crippen molar-refractivity contribution in [1.29, 1.82) is 0 Å². The Morgan fingerprint density at radius 2 is 1.77 bits per heavy atom. The number of nitrogens with one attached hydrogen (secondary N) is 3. The summed E-state index contributed by atoms with van der Waals surface area (Å²) in [5.74, 6) is -3.89. The van der Waals surface area contributed by atoms with Gasteiger partial charge >= 0.3 is 11.9 Å². The molecule has 0 bridgehead atoms. The lowest BCUT2D eigenvalue weighted by Crippen LogP contribution is -2.83. The summed E-state index contributed by atoms with van der Waals surface area (Å²) in [5.41, 5.74) is 3.19. The number of phenols is 1. The summed E-state index contributed by atoms with van der Waals surface area (Å²) >= 11 is 0. The van der Waals surface area contributed by atoms with Crippen LogP contribution in [-0.4, -0.2) is 145 Å². The number of nitrogens with two attached hydrogens (primary N) is 1. The number of benzene rings is 3. The molecule has 1 aliphatic rings. The van der Waals surface area contributed by atoms with Crippen LogP contribution in [0.1, 0.15) is 30.4 Å². The third kappa shape index (κ3) is 9.91. The molecule has 0 saturated carbocycles. The molecule has 1 fully saturated rings. The minimum absolute atomic E-state index is 0.000965. The molecule has 0 spiro atoms. The van der Waals surface area contributed by atoms with Gasteiger partial charge in [0.15, 0.2) is 28.7 Å². The van der Waals surface area contributed by atoms with E-state index in [4.69, 9.17) is 29.2 Å². The molecule has 0 amide bonds. The predicted molar refractivity (Wildman–Crippen MR) is 250 cm³/mol. The molecule has 0 radical (unpaired) electrons. The summed E-state index contributed by atoms with van der Waals surface area (Å²) in [6.45, 7) is 1.50. The highest BCUT2D eigenvalue weighted by Gasteiger charge is 2.72. The van der Waals surface area contributed by atoms with Gasteiger partial charge in [-0.3, -0.25) is 15.1 Å². The van der Waals surface area contributed by atoms with Gasteiger partial charge in [-0.05, 0) is 74.7 Å². The number of aliphatic hydroxyl groups excluding tert-OH is 3. The third-order valence-corrected chi connectivity index (χ3v) is 12.0. The van der Waals surface area contributed by atoms with Gasteiger partial charge in [0.2, 0.25) is 24.7 Å². The molecule has 22 nitrogen and oxygen atoms in total. The van der Waals surface area contributed by atoms with E-state index >= 15 is 0 Å². The first-order valence-electron chi connectivity index (χ1n) is 22.0. The molecule has 372 valence electrons. The molecule has 6 aromatic rings. The van der Waals surface area contributed by atoms with Crippen LogP contribution in [0.4, 0.5) is 0 Å². The van der Waals surface area contributed by atoms with E-state index in [-0.39, 0.29) is 47.4 Å². The Morgan fingerprint density at radius 3 is 2.43 bits per heavy atom. The van der Waals surface area contributed by atoms with Crippen LogP contribution in [-0.2, 0) is 23.9 Å². The van der Waals surface area contributed by atoms with Gasteiger partial charge in [0.1, 0.15) is 35.3 Å². The van der Waals surface area contributed by atoms with Crippen molar-refractivity contribution in [3.8, 4) is 33.9 Å². The first-order chi connectivity index (χ1) is 33.5. The standard InChI is InChI=1S/C48H54N6O16/c1-25-18-26(2)20-29(19-25)38-36-28(13-15-52-36)22-54(38)70-41-45(67-31-11-12-32-34(21-31)66-23-33(39(32)60)27-7-9-30(58)10-8-27)68-40(47(64,24-57)48(41,65)35(59)6-4-16-55)42(53-46(49)50-3)69-44(63)37(43(61)62)51-14-5-17-56/h7-13,15,17-23,35,37,40-42,45,51-52,55,57-59,64-65H,4-6,14,16,24H2,1-3H3,(H,61,62)(H3,49,50,53). The summed E-state index contributed by atoms with van der Waals surface area (Å²) in [4.78, 5) is 64.6. The number of aryl methyl sites for hydroxylation is 2. The van der Waals surface area contributed by atoms with E-state index in [9.17, 15) is 54.9 Å². The summed E-state index contributed by atoms with van der Waals surface area (Å²) in [7, 11) is 1.23. The second-order valence-electron chi connectivity index (χ2n) is 16.8. The number of guanidine groups is 1. The fourth-order valence-corrected chi connectivity index (χ4v) is 8.62. The van der Waals surface area contributed by atoms with Crippen LogP contribution in [0.2, 0.25) is 0 Å². The average Bonchev–Trinajstić information content (AvgIpc) is 3.93. The van der Waals surface area contributed by atoms with E-state index in [1.54, 1.807) is 18.5 Å². The molecule has 4 heterocycles. The molecule has 3 aromatic heterocycles. The number of carbonyl (C=O) groups is 3. The van der Waals surface area contributed by atoms with Gasteiger partial charge in [0, 0.05) is 49.8 Å². The fraction of sp³-hybridized carbons (Fsp3) is 0.354. The molecule has 7 rings (SSSR count). The number of fused-ring (bicyclic) bond motifs is 2. The van der Waals surface area contributed by atoms with Gasteiger partial charge in [-0.25, -0.2) is 9.59 Å². The number of aromatic nitrogens is 2. The number of ether oxygens (including phenoxy) is 3. The van der Waals surface area contributed by atoms with E-state index in [1.165, 1.54) is 60.5 Å². The number of aromatic hydroxyl groups is 1. The number of phenolic OH excluding ortho intramolecular Hbond substituents is 1. The largest absolute Gasteiger partial charge is 0.508 e. The Labute approximate surface area is 398 Å². The van der Waals surface area contributed by atoms with Crippen LogP contribution in [0.25, 0.3) is 44.3 Å². The highest BCUT2D eigenvalue weighted by molar-refractivity contribution is 5.98. The van der Waals surface area contributed by atoms with E-state index in [0.29, 0.717) is 34.0 Å². The molecule has 0 aliphatic carbocycles. The SMILES string of the molecule is CN=C(N)NC(OC(=O)C(NCCC=O)C(=O)O)C1OC(Oc2ccc3c(=O)c(-c4ccc(O)cc4)coc3c2)C(On2cc3cc[nH]c3c2-c2cc(C)cc(C)c2)C(O)(C(O)CCCO)C1(O)CO. The Bertz CT molecular complexity index is 2910. The maximum absolute atomic E-state index is 13.8. The Balaban J connectivity index is 1.42. The lowest BCUT2D eigenvalue weighted by atomic mass is 9.68. The van der Waals surface area contributed by atoms with Crippen molar-refractivity contribution in [2.24, 2.45) is 10.7 Å². The Hall–Kier alpha value is -7.31. The Kier molecular flexibility index (Phi) is 15.3. The number of nitrogens with zero attached hydrogens (tertiary/aromatic N) is 2. The molecular weight excluding hydrogens is 917 g/mol. The summed E-state index contributed by atoms with van der Waals surface area (Å²) in [6, 6.07) is 15.2. The van der Waals surface area contributed by atoms with Gasteiger partial charge < -0.3 is 80.0 Å². The number of aliphatic hydroxyl groups is 5. The topological polar surface area (TPSA) is 343 Å². The zero-order valence-corrected chi connectivity index (χ0v) is 38.1. The smallest absolute Gasteiger partial charge is 0.336 e. The minimum atomic E-state index is -3.21. The van der Waals surface area contributed by atoms with Crippen LogP contribution < -0.4 is 31.4 Å². The van der Waals surface area contributed by atoms with Crippen molar-refractivity contribution >= 4 is 46.1 Å². The number of H-pyrrole nitrogens is 1. The normalized spacial score (nSPS) is 21.8. The van der Waals surface area contributed by atoms with Crippen molar-refractivity contribution in [2.45, 2.75) is 81.2 Å². The van der Waals surface area contributed by atoms with E-state index in [0.717, 1.165) is 11.1 Å². The number of hydrogen-bond acceptors (Lipinski definition) is 17. The van der Waals surface area contributed by atoms with Crippen LogP contribution >= 0.6 is 0 Å². The third-order valence-electron chi connectivity index (χ3n) is 12.0. The number of aromatic amines is 1. The van der Waals surface area contributed by atoms with Crippen LogP contribution in [0.3, 0.4) is 0 Å². The second kappa shape index (κ2) is 21.1. The number of carboxylic acids is 1. The van der Waals surface area contributed by atoms with E-state index < -0.39 is 91.0 Å². The summed E-state index contributed by atoms with van der Waals surface area (Å²) in [6.07, 6.45) is -6.71. The zero-order valence-electron chi connectivity index (χ0n) is 38.1. The van der Waals surface area contributed by atoms with Crippen molar-refractivity contribution in [3.05, 3.63) is 107 Å². The van der Waals surface area contributed by atoms with Crippen molar-refractivity contribution in [1.82, 2.24) is 20.3 Å². The maximum atomic E-state index is 13.8. The summed E-state index contributed by atoms with van der Waals surface area (Å²) in [5, 5.41) is 85.3. The van der Waals surface area contributed by atoms with Gasteiger partial charge in [0.25, 0.3) is 0 Å². The molecule has 3 aromatic carbocycles. The number of aliphatic carboxylic acids is 1. The van der Waals surface area contributed by atoms with Gasteiger partial charge in [-0.2, -0.15) is 4.73 Å². The number of carbonyl (C=O) groups excluding carboxylic acids is 2. The average molecular weight is 971 g/mol. The van der Waals surface area contributed by atoms with Gasteiger partial charge in [-0.1, -0.05) is 29.3 Å². The van der Waals surface area contributed by atoms with Crippen LogP contribution in [0.5, 0.6) is 11.5 Å². The first kappa shape index (κ1) is 50.6. The monoisotopic (exact) mass is 970 g/mol. The number of aliphatic imine (C=N–C) groups is 1. The number of carboxylic acid groups (broad SMARTS) is 1. The molecule has 8 unspecified atom stereocenters. The Morgan fingerprint density at radius 1 is 1.04 bits per heavy atom. The lowest BCUT2D eigenvalue weighted by molar-refractivity contribution is -0.387. The fourth-order valence-electron chi connectivity index (χ4n) is 8.62.